The van der Waals surface area contributed by atoms with E-state index < -0.39 is 28.3 Å². The largest absolute Gasteiger partial charge is 0.482 e. The Morgan fingerprint density at radius 3 is 2.44 bits per heavy atom. The second kappa shape index (κ2) is 8.68. The predicted molar refractivity (Wildman–Crippen MR) is 101 cm³/mol. The molecule has 1 N–H and O–H groups in total. The predicted octanol–water partition coefficient (Wildman–Crippen LogP) is 2.27. The molecule has 2 aromatic carbocycles. The van der Waals surface area contributed by atoms with Gasteiger partial charge in [-0.2, -0.15) is 0 Å². The summed E-state index contributed by atoms with van der Waals surface area (Å²) in [7, 11) is -3.38. The number of carbonyl (C=O) groups excluding carboxylic acids is 2. The van der Waals surface area contributed by atoms with Crippen LogP contribution in [0, 0.1) is 13.8 Å². The van der Waals surface area contributed by atoms with Gasteiger partial charge in [0, 0.05) is 11.9 Å². The molecule has 2 rings (SSSR count). The van der Waals surface area contributed by atoms with Crippen molar-refractivity contribution in [3.63, 3.8) is 0 Å². The Morgan fingerprint density at radius 1 is 1.04 bits per heavy atom. The highest BCUT2D eigenvalue weighted by Crippen LogP contribution is 2.18. The van der Waals surface area contributed by atoms with Crippen molar-refractivity contribution >= 4 is 27.4 Å². The fourth-order valence-corrected chi connectivity index (χ4v) is 2.95. The van der Waals surface area contributed by atoms with Gasteiger partial charge < -0.3 is 14.8 Å². The first-order valence-electron chi connectivity index (χ1n) is 8.11. The van der Waals surface area contributed by atoms with E-state index in [0.29, 0.717) is 11.4 Å². The highest BCUT2D eigenvalue weighted by atomic mass is 32.2. The minimum atomic E-state index is -3.38. The van der Waals surface area contributed by atoms with Crippen LogP contribution in [-0.2, 0) is 24.2 Å². The number of ether oxygens (including phenoxy) is 2. The van der Waals surface area contributed by atoms with Gasteiger partial charge in [-0.3, -0.25) is 4.79 Å². The average Bonchev–Trinajstić information content (AvgIpc) is 2.58. The van der Waals surface area contributed by atoms with E-state index in [1.165, 1.54) is 24.3 Å². The van der Waals surface area contributed by atoms with Crippen LogP contribution < -0.4 is 10.1 Å². The Labute approximate surface area is 158 Å². The molecule has 1 amide bonds. The highest BCUT2D eigenvalue weighted by molar-refractivity contribution is 7.90. The lowest BCUT2D eigenvalue weighted by atomic mass is 10.1. The fraction of sp³-hybridized carbons (Fsp3) is 0.263. The van der Waals surface area contributed by atoms with Gasteiger partial charge in [0.05, 0.1) is 4.90 Å². The molecular weight excluding hydrogens is 370 g/mol. The van der Waals surface area contributed by atoms with Crippen molar-refractivity contribution in [1.82, 2.24) is 0 Å². The van der Waals surface area contributed by atoms with Crippen molar-refractivity contribution in [2.45, 2.75) is 18.7 Å². The van der Waals surface area contributed by atoms with E-state index in [2.05, 4.69) is 5.32 Å². The second-order valence-corrected chi connectivity index (χ2v) is 8.08. The Morgan fingerprint density at radius 2 is 1.78 bits per heavy atom. The van der Waals surface area contributed by atoms with Crippen LogP contribution in [0.5, 0.6) is 5.75 Å². The van der Waals surface area contributed by atoms with Gasteiger partial charge in [-0.1, -0.05) is 23.8 Å². The summed E-state index contributed by atoms with van der Waals surface area (Å²) in [5, 5.41) is 2.48. The molecule has 2 aromatic rings. The number of anilines is 1. The highest BCUT2D eigenvalue weighted by Gasteiger charge is 2.12. The number of rotatable bonds is 7. The average molecular weight is 391 g/mol. The van der Waals surface area contributed by atoms with E-state index in [1.807, 2.05) is 26.0 Å². The van der Waals surface area contributed by atoms with Crippen molar-refractivity contribution in [3.8, 4) is 5.75 Å². The molecule has 0 spiro atoms. The van der Waals surface area contributed by atoms with Gasteiger partial charge in [-0.25, -0.2) is 13.2 Å². The summed E-state index contributed by atoms with van der Waals surface area (Å²) in [5.74, 6) is -0.699. The van der Waals surface area contributed by atoms with E-state index in [4.69, 9.17) is 9.47 Å². The van der Waals surface area contributed by atoms with Gasteiger partial charge in [-0.15, -0.1) is 0 Å². The lowest BCUT2D eigenvalue weighted by Crippen LogP contribution is -2.23. The summed E-state index contributed by atoms with van der Waals surface area (Å²) in [6.07, 6.45) is 1.07. The normalized spacial score (nSPS) is 10.9. The molecule has 0 aliphatic carbocycles. The number of benzene rings is 2. The van der Waals surface area contributed by atoms with E-state index >= 15 is 0 Å². The van der Waals surface area contributed by atoms with Gasteiger partial charge >= 0.3 is 5.97 Å². The maximum atomic E-state index is 11.9. The molecule has 0 aromatic heterocycles. The number of hydrogen-bond donors (Lipinski definition) is 1. The van der Waals surface area contributed by atoms with Crippen LogP contribution in [0.3, 0.4) is 0 Å². The molecule has 0 aliphatic rings. The van der Waals surface area contributed by atoms with Gasteiger partial charge in [0.15, 0.2) is 23.1 Å². The van der Waals surface area contributed by atoms with Crippen molar-refractivity contribution in [2.75, 3.05) is 24.8 Å². The Balaban J connectivity index is 1.82. The lowest BCUT2D eigenvalue weighted by molar-refractivity contribution is -0.149. The molecule has 0 unspecified atom stereocenters. The van der Waals surface area contributed by atoms with E-state index in [1.54, 1.807) is 6.07 Å². The molecule has 0 saturated carbocycles. The maximum Gasteiger partial charge on any atom is 0.344 e. The molecule has 0 aliphatic heterocycles. The number of aryl methyl sites for hydroxylation is 2. The van der Waals surface area contributed by atoms with Crippen LogP contribution in [0.2, 0.25) is 0 Å². The van der Waals surface area contributed by atoms with Crippen molar-refractivity contribution in [1.29, 1.82) is 0 Å². The van der Waals surface area contributed by atoms with Crippen LogP contribution in [-0.4, -0.2) is 39.8 Å². The maximum absolute atomic E-state index is 11.9. The third kappa shape index (κ3) is 6.41. The molecule has 0 fully saturated rings. The van der Waals surface area contributed by atoms with E-state index in [9.17, 15) is 18.0 Å². The third-order valence-electron chi connectivity index (χ3n) is 3.59. The number of nitrogens with one attached hydrogen (secondary N) is 1. The van der Waals surface area contributed by atoms with Crippen molar-refractivity contribution in [2.24, 2.45) is 0 Å². The summed E-state index contributed by atoms with van der Waals surface area (Å²) in [6.45, 7) is 3.00. The Hall–Kier alpha value is -2.87. The molecule has 27 heavy (non-hydrogen) atoms. The van der Waals surface area contributed by atoms with E-state index in [0.717, 1.165) is 17.4 Å². The van der Waals surface area contributed by atoms with Crippen LogP contribution in [0.15, 0.2) is 47.4 Å². The molecule has 144 valence electrons. The number of hydrogen-bond acceptors (Lipinski definition) is 6. The molecule has 7 nitrogen and oxygen atoms in total. The van der Waals surface area contributed by atoms with Crippen molar-refractivity contribution < 1.29 is 27.5 Å². The zero-order valence-corrected chi connectivity index (χ0v) is 16.1. The summed E-state index contributed by atoms with van der Waals surface area (Å²) in [6, 6.07) is 11.4. The van der Waals surface area contributed by atoms with E-state index in [-0.39, 0.29) is 11.5 Å². The van der Waals surface area contributed by atoms with Crippen LogP contribution in [0.4, 0.5) is 5.69 Å². The van der Waals surface area contributed by atoms with Gasteiger partial charge in [0.2, 0.25) is 0 Å². The summed E-state index contributed by atoms with van der Waals surface area (Å²) < 4.78 is 33.3. The summed E-state index contributed by atoms with van der Waals surface area (Å²) in [5.41, 5.74) is 2.27. The summed E-state index contributed by atoms with van der Waals surface area (Å²) in [4.78, 5) is 23.7. The molecule has 0 radical (unpaired) electrons. The summed E-state index contributed by atoms with van der Waals surface area (Å²) >= 11 is 0. The quantitative estimate of drug-likeness (QED) is 0.727. The van der Waals surface area contributed by atoms with Gasteiger partial charge in [0.1, 0.15) is 5.75 Å². The molecular formula is C19H21NO6S. The zero-order chi connectivity index (χ0) is 20.0. The Bertz CT molecular complexity index is 952. The number of sulfone groups is 1. The monoisotopic (exact) mass is 391 g/mol. The third-order valence-corrected chi connectivity index (χ3v) is 4.70. The first-order valence-corrected chi connectivity index (χ1v) is 10.00. The van der Waals surface area contributed by atoms with Crippen LogP contribution in [0.1, 0.15) is 11.1 Å². The van der Waals surface area contributed by atoms with Gasteiger partial charge in [-0.05, 0) is 43.7 Å². The first kappa shape index (κ1) is 20.4. The minimum Gasteiger partial charge on any atom is -0.482 e. The van der Waals surface area contributed by atoms with Crippen LogP contribution >= 0.6 is 0 Å². The number of carbonyl (C=O) groups is 2. The molecule has 0 atom stereocenters. The fourth-order valence-electron chi connectivity index (χ4n) is 2.29. The molecule has 0 saturated heterocycles. The first-order chi connectivity index (χ1) is 12.6. The molecule has 0 heterocycles. The van der Waals surface area contributed by atoms with Gasteiger partial charge in [0.25, 0.3) is 5.91 Å². The smallest absolute Gasteiger partial charge is 0.344 e. The second-order valence-electron chi connectivity index (χ2n) is 6.07. The number of amides is 1. The SMILES string of the molecule is Cc1ccc(OCC(=O)OCC(=O)Nc2cccc(S(C)(=O)=O)c2)c(C)c1. The molecule has 0 bridgehead atoms. The van der Waals surface area contributed by atoms with Crippen LogP contribution in [0.25, 0.3) is 0 Å². The Kier molecular flexibility index (Phi) is 6.57. The zero-order valence-electron chi connectivity index (χ0n) is 15.3. The number of esters is 1. The minimum absolute atomic E-state index is 0.0826. The topological polar surface area (TPSA) is 98.8 Å². The van der Waals surface area contributed by atoms with Crippen molar-refractivity contribution in [3.05, 3.63) is 53.6 Å². The standard InChI is InChI=1S/C19H21NO6S/c1-13-7-8-17(14(2)9-13)25-12-19(22)26-11-18(21)20-15-5-4-6-16(10-15)27(3,23)24/h4-10H,11-12H2,1-3H3,(H,20,21). The molecule has 8 heteroatoms. The lowest BCUT2D eigenvalue weighted by Gasteiger charge is -2.10.